The minimum Gasteiger partial charge on any atom is -0.481 e. The molecule has 0 saturated carbocycles. The molecule has 486 valence electrons. The largest absolute Gasteiger partial charge is 0.490 e. The van der Waals surface area contributed by atoms with Gasteiger partial charge in [0.1, 0.15) is 48.3 Å². The lowest BCUT2D eigenvalue weighted by Crippen LogP contribution is -2.61. The van der Waals surface area contributed by atoms with Gasteiger partial charge >= 0.3 is 18.1 Å². The number of hydrogen-bond acceptors (Lipinski definition) is 16. The van der Waals surface area contributed by atoms with Crippen molar-refractivity contribution in [2.24, 2.45) is 38.7 Å². The lowest BCUT2D eigenvalue weighted by molar-refractivity contribution is -0.192. The Morgan fingerprint density at radius 1 is 0.562 bits per heavy atom. The SMILES string of the molecule is CC(=O)N[C@H](CCCN=C(N)N)C(=O)N[C@@H](CS)C(=O)N[C@@H](CCC(=O)O)C(=O)N[C@@H](Cc1cnc[nH]1)C(=O)N[C@H](Cc1ccccc1)C(=O)N[C@@H](CCCN=C(N)N)C(=O)N[C@@H](Cc1c[nH]c2ccccc12)C(=O)N[C@@H](CS)C(N)=O.O=C(O)C(F)(F)F. The predicted molar refractivity (Wildman–Crippen MR) is 323 cm³/mol. The number of benzene rings is 2. The van der Waals surface area contributed by atoms with E-state index < -0.39 is 132 Å². The van der Waals surface area contributed by atoms with Crippen molar-refractivity contribution in [3.63, 3.8) is 0 Å². The van der Waals surface area contributed by atoms with Crippen molar-refractivity contribution in [3.8, 4) is 0 Å². The number of aliphatic carboxylic acids is 2. The second-order valence-electron chi connectivity index (χ2n) is 19.6. The first-order valence-corrected chi connectivity index (χ1v) is 28.4. The van der Waals surface area contributed by atoms with E-state index in [0.29, 0.717) is 16.8 Å². The maximum absolute atomic E-state index is 14.7. The van der Waals surface area contributed by atoms with Crippen LogP contribution >= 0.6 is 25.3 Å². The molecule has 0 bridgehead atoms. The average molecular weight is 1290 g/mol. The molecule has 2 heterocycles. The number of H-pyrrole nitrogens is 2. The smallest absolute Gasteiger partial charge is 0.481 e. The standard InChI is InChI=1S/C51H72N18O11S2.C2HF3O2/c1-27(70)62-33(13-7-17-58-50(53)54)43(74)69-40(25-82)49(80)64-35(15-16-41(71)72)45(76)67-38(21-30-23-57-26-61-30)48(79)65-36(19-28-9-3-2-4-10-28)46(77)63-34(14-8-18-59-51(55)56)44(75)66-37(47(78)68-39(24-81)42(52)73)20-29-22-60-32-12-6-5-11-31(29)32;3-2(4,5)1(6)7/h2-6,9-12,22-23,26,33-40,60,81-82H,7-8,13-21,24-25H2,1H3,(H2,52,73)(H,57,61)(H,62,70)(H,63,77)(H,64,80)(H,65,79)(H,66,75)(H,67,76)(H,68,78)(H,69,74)(H,71,72)(H4,53,54,58)(H4,55,56,59);(H,6,7)/t33-,34+,35+,36-,37+,38+,39+,40+;/m1./s1. The van der Waals surface area contributed by atoms with E-state index in [4.69, 9.17) is 38.6 Å². The maximum Gasteiger partial charge on any atom is 0.490 e. The fraction of sp³-hybridized carbons (Fsp3) is 0.434. The Morgan fingerprint density at radius 2 is 0.989 bits per heavy atom. The normalized spacial score (nSPS) is 13.6. The third kappa shape index (κ3) is 26.9. The molecule has 0 spiro atoms. The Morgan fingerprint density at radius 3 is 1.45 bits per heavy atom. The van der Waals surface area contributed by atoms with E-state index in [1.54, 1.807) is 42.6 Å². The molecule has 8 atom stereocenters. The first-order valence-electron chi connectivity index (χ1n) is 27.1. The molecule has 0 aliphatic heterocycles. The van der Waals surface area contributed by atoms with Crippen LogP contribution < -0.4 is 71.2 Å². The van der Waals surface area contributed by atoms with E-state index in [9.17, 15) is 66.2 Å². The lowest BCUT2D eigenvalue weighted by Gasteiger charge is -2.28. The number of carbonyl (C=O) groups is 11. The van der Waals surface area contributed by atoms with Gasteiger partial charge < -0.3 is 91.4 Å². The summed E-state index contributed by atoms with van der Waals surface area (Å²) in [5.41, 5.74) is 29.7. The minimum atomic E-state index is -5.08. The van der Waals surface area contributed by atoms with E-state index in [2.05, 4.69) is 92.7 Å². The summed E-state index contributed by atoms with van der Waals surface area (Å²) < 4.78 is 31.7. The van der Waals surface area contributed by atoms with Gasteiger partial charge in [0.2, 0.25) is 53.2 Å². The molecule has 0 fully saturated rings. The van der Waals surface area contributed by atoms with Crippen LogP contribution in [0.25, 0.3) is 10.9 Å². The first-order chi connectivity index (χ1) is 42.0. The van der Waals surface area contributed by atoms with Gasteiger partial charge in [0.15, 0.2) is 11.9 Å². The van der Waals surface area contributed by atoms with Crippen molar-refractivity contribution in [1.29, 1.82) is 0 Å². The number of carbonyl (C=O) groups excluding carboxylic acids is 9. The number of primary amides is 1. The third-order valence-corrected chi connectivity index (χ3v) is 13.4. The van der Waals surface area contributed by atoms with Crippen LogP contribution in [0.1, 0.15) is 62.3 Å². The molecule has 4 aromatic rings. The zero-order valence-corrected chi connectivity index (χ0v) is 49.7. The van der Waals surface area contributed by atoms with Crippen molar-refractivity contribution in [2.45, 2.75) is 119 Å². The number of fused-ring (bicyclic) bond motifs is 1. The number of aliphatic imine (C=N–C) groups is 2. The molecule has 0 radical (unpaired) electrons. The van der Waals surface area contributed by atoms with Gasteiger partial charge in [-0.15, -0.1) is 0 Å². The quantitative estimate of drug-likeness (QED) is 0.00932. The van der Waals surface area contributed by atoms with Crippen molar-refractivity contribution in [2.75, 3.05) is 24.6 Å². The van der Waals surface area contributed by atoms with E-state index in [1.807, 2.05) is 18.2 Å². The van der Waals surface area contributed by atoms with Gasteiger partial charge in [0.05, 0.1) is 6.33 Å². The molecular weight excluding hydrogens is 1220 g/mol. The summed E-state index contributed by atoms with van der Waals surface area (Å²) in [7, 11) is 0. The molecule has 2 aromatic carbocycles. The molecule has 0 aliphatic carbocycles. The van der Waals surface area contributed by atoms with Crippen molar-refractivity contribution < 1.29 is 76.1 Å². The van der Waals surface area contributed by atoms with Gasteiger partial charge in [-0.3, -0.25) is 57.9 Å². The number of aromatic nitrogens is 3. The Labute approximate surface area is 517 Å². The number of nitrogens with two attached hydrogens (primary N) is 5. The van der Waals surface area contributed by atoms with Crippen LogP contribution in [0.15, 0.2) is 83.3 Å². The summed E-state index contributed by atoms with van der Waals surface area (Å²) >= 11 is 8.35. The van der Waals surface area contributed by atoms with E-state index in [-0.39, 0.29) is 81.5 Å². The van der Waals surface area contributed by atoms with Gasteiger partial charge in [-0.1, -0.05) is 48.5 Å². The van der Waals surface area contributed by atoms with E-state index in [1.165, 1.54) is 19.4 Å². The van der Waals surface area contributed by atoms with Crippen LogP contribution in [-0.2, 0) is 72.0 Å². The van der Waals surface area contributed by atoms with Crippen LogP contribution in [0.2, 0.25) is 0 Å². The number of nitrogens with one attached hydrogen (secondary N) is 10. The van der Waals surface area contributed by atoms with Gasteiger partial charge in [-0.25, -0.2) is 9.78 Å². The summed E-state index contributed by atoms with van der Waals surface area (Å²) in [6, 6.07) is 4.42. The number of rotatable bonds is 35. The average Bonchev–Trinajstić information content (AvgIpc) is 2.22. The second-order valence-corrected chi connectivity index (χ2v) is 20.3. The highest BCUT2D eigenvalue weighted by molar-refractivity contribution is 7.80. The number of amides is 9. The molecule has 0 saturated heterocycles. The fourth-order valence-electron chi connectivity index (χ4n) is 8.25. The van der Waals surface area contributed by atoms with Gasteiger partial charge in [-0.05, 0) is 49.3 Å². The topological polar surface area (TPSA) is 524 Å². The van der Waals surface area contributed by atoms with Gasteiger partial charge in [0, 0.05) is 86.2 Å². The highest BCUT2D eigenvalue weighted by Gasteiger charge is 2.39. The molecule has 4 rings (SSSR count). The molecule has 36 heteroatoms. The van der Waals surface area contributed by atoms with Gasteiger partial charge in [0.25, 0.3) is 0 Å². The highest BCUT2D eigenvalue weighted by atomic mass is 32.1. The summed E-state index contributed by atoms with van der Waals surface area (Å²) in [6.07, 6.45) is -2.14. The second kappa shape index (κ2) is 37.2. The van der Waals surface area contributed by atoms with Crippen molar-refractivity contribution in [1.82, 2.24) is 57.5 Å². The highest BCUT2D eigenvalue weighted by Crippen LogP contribution is 2.20. The molecular formula is C53H73F3N18O13S2. The van der Waals surface area contributed by atoms with Crippen LogP contribution in [0.5, 0.6) is 0 Å². The van der Waals surface area contributed by atoms with Crippen molar-refractivity contribution in [3.05, 3.63) is 90.1 Å². The van der Waals surface area contributed by atoms with Gasteiger partial charge in [-0.2, -0.15) is 38.4 Å². The summed E-state index contributed by atoms with van der Waals surface area (Å²) in [5.74, 6) is -12.7. The van der Waals surface area contributed by atoms with Crippen LogP contribution in [0.4, 0.5) is 13.2 Å². The molecule has 89 heavy (non-hydrogen) atoms. The van der Waals surface area contributed by atoms with E-state index in [0.717, 1.165) is 10.9 Å². The number of alkyl halides is 3. The molecule has 22 N–H and O–H groups in total. The number of halogens is 3. The molecule has 2 aromatic heterocycles. The monoisotopic (exact) mass is 1290 g/mol. The zero-order chi connectivity index (χ0) is 66.4. The number of thiol groups is 2. The molecule has 31 nitrogen and oxygen atoms in total. The number of nitrogens with zero attached hydrogens (tertiary/aromatic N) is 3. The number of guanidine groups is 2. The predicted octanol–water partition coefficient (Wildman–Crippen LogP) is -3.23. The van der Waals surface area contributed by atoms with Crippen molar-refractivity contribution >= 4 is 113 Å². The number of aromatic amines is 2. The summed E-state index contributed by atoms with van der Waals surface area (Å²) in [5, 5.41) is 38.1. The number of imidazole rings is 1. The number of carboxylic acids is 2. The van der Waals surface area contributed by atoms with Crippen LogP contribution in [0, 0.1) is 0 Å². The Kier molecular flexibility index (Phi) is 30.8. The Balaban J connectivity index is 0.00000278. The number of carboxylic acid groups (broad SMARTS) is 2. The summed E-state index contributed by atoms with van der Waals surface area (Å²) in [6.45, 7) is 1.33. The fourth-order valence-corrected chi connectivity index (χ4v) is 8.78. The summed E-state index contributed by atoms with van der Waals surface area (Å²) in [4.78, 5) is 162. The van der Waals surface area contributed by atoms with Crippen LogP contribution in [0.3, 0.4) is 0 Å². The lowest BCUT2D eigenvalue weighted by atomic mass is 10.0. The van der Waals surface area contributed by atoms with E-state index >= 15 is 0 Å². The molecule has 0 aliphatic rings. The number of hydrogen-bond donors (Lipinski definition) is 19. The molecule has 9 amide bonds. The first kappa shape index (κ1) is 73.6. The third-order valence-electron chi connectivity index (χ3n) is 12.7. The Hall–Kier alpha value is -9.61. The zero-order valence-electron chi connectivity index (χ0n) is 47.9. The Bertz CT molecular complexity index is 3110. The minimum absolute atomic E-state index is 0.0162. The number of para-hydroxylation sites is 1. The molecule has 0 unspecified atom stereocenters. The maximum atomic E-state index is 14.7. The van der Waals surface area contributed by atoms with Crippen LogP contribution in [-0.4, -0.2) is 181 Å².